The number of aromatic nitrogens is 1. The number of allylic oxidation sites excluding steroid dienone is 1. The molecule has 2 aromatic rings. The molecule has 1 heterocycles. The first-order valence-corrected chi connectivity index (χ1v) is 9.85. The molecule has 0 bridgehead atoms. The van der Waals surface area contributed by atoms with Crippen LogP contribution in [0.2, 0.25) is 0 Å². The van der Waals surface area contributed by atoms with Gasteiger partial charge >= 0.3 is 0 Å². The highest BCUT2D eigenvalue weighted by Gasteiger charge is 2.22. The van der Waals surface area contributed by atoms with Gasteiger partial charge in [0, 0.05) is 12.5 Å². The predicted octanol–water partition coefficient (Wildman–Crippen LogP) is 4.39. The Hall–Kier alpha value is -2.69. The van der Waals surface area contributed by atoms with Gasteiger partial charge in [0.2, 0.25) is 5.13 Å². The number of phenolic OH excluding ortho intramolecular Hbond substituents is 1. The number of ketones is 1. The monoisotopic (exact) mass is 407 g/mol. The van der Waals surface area contributed by atoms with Crippen LogP contribution in [0.4, 0.5) is 10.8 Å². The summed E-state index contributed by atoms with van der Waals surface area (Å²) in [5.74, 6) is -0.510. The number of nitrogens with zero attached hydrogens (tertiary/aromatic N) is 3. The number of thiazole rings is 1. The van der Waals surface area contributed by atoms with Crippen molar-refractivity contribution in [2.45, 2.75) is 25.2 Å². The van der Waals surface area contributed by atoms with Crippen LogP contribution < -0.4 is 0 Å². The summed E-state index contributed by atoms with van der Waals surface area (Å²) in [6.07, 6.45) is 2.76. The zero-order valence-corrected chi connectivity index (χ0v) is 16.3. The molecule has 2 rings (SSSR count). The molecule has 0 saturated carbocycles. The molecule has 27 heavy (non-hydrogen) atoms. The second kappa shape index (κ2) is 7.91. The summed E-state index contributed by atoms with van der Waals surface area (Å²) in [6, 6.07) is 1.01. The number of benzene rings is 1. The van der Waals surface area contributed by atoms with Crippen molar-refractivity contribution in [3.8, 4) is 5.75 Å². The Balaban J connectivity index is 2.63. The van der Waals surface area contributed by atoms with E-state index in [9.17, 15) is 22.9 Å². The van der Waals surface area contributed by atoms with Gasteiger partial charge in [0.25, 0.3) is 10.1 Å². The van der Waals surface area contributed by atoms with E-state index in [0.29, 0.717) is 10.6 Å². The van der Waals surface area contributed by atoms with Crippen molar-refractivity contribution in [2.24, 2.45) is 10.2 Å². The van der Waals surface area contributed by atoms with E-state index in [0.717, 1.165) is 17.4 Å². The maximum Gasteiger partial charge on any atom is 0.294 e. The summed E-state index contributed by atoms with van der Waals surface area (Å²) >= 11 is 1.02. The fraction of sp³-hybridized carbons (Fsp3) is 0.176. The number of phenols is 1. The number of aryl methyl sites for hydroxylation is 1. The number of carbonyl (C=O) groups is 1. The molecular formula is C17H17N3O5S2. The van der Waals surface area contributed by atoms with Crippen molar-refractivity contribution < 1.29 is 22.9 Å². The van der Waals surface area contributed by atoms with E-state index in [2.05, 4.69) is 28.4 Å². The van der Waals surface area contributed by atoms with E-state index >= 15 is 0 Å². The normalized spacial score (nSPS) is 11.7. The molecule has 0 saturated heterocycles. The van der Waals surface area contributed by atoms with E-state index < -0.39 is 15.0 Å². The van der Waals surface area contributed by atoms with E-state index in [1.54, 1.807) is 6.92 Å². The zero-order valence-electron chi connectivity index (χ0n) is 14.6. The Labute approximate surface area is 160 Å². The van der Waals surface area contributed by atoms with Crippen LogP contribution in [0.15, 0.2) is 40.4 Å². The maximum absolute atomic E-state index is 11.7. The molecule has 142 valence electrons. The van der Waals surface area contributed by atoms with Gasteiger partial charge in [-0.15, -0.1) is 16.8 Å². The molecule has 8 nitrogen and oxygen atoms in total. The van der Waals surface area contributed by atoms with Gasteiger partial charge in [0.15, 0.2) is 11.5 Å². The van der Waals surface area contributed by atoms with Gasteiger partial charge in [-0.3, -0.25) is 9.35 Å². The number of rotatable bonds is 7. The van der Waals surface area contributed by atoms with Crippen molar-refractivity contribution in [1.82, 2.24) is 4.98 Å². The lowest BCUT2D eigenvalue weighted by molar-refractivity contribution is 0.102. The van der Waals surface area contributed by atoms with Gasteiger partial charge in [-0.25, -0.2) is 4.98 Å². The standard InChI is InChI=1S/C17H17N3O5S2/c1-5-7-12-11(6-2)15(22)13(8-14(12)27(23,24)25)19-20-17-18-9(3)16(26-17)10(4)21/h5-6,8,22H,1-2,7H2,3-4H3,(H,23,24,25). The van der Waals surface area contributed by atoms with Crippen molar-refractivity contribution in [2.75, 3.05) is 0 Å². The van der Waals surface area contributed by atoms with E-state index in [4.69, 9.17) is 0 Å². The average Bonchev–Trinajstić information content (AvgIpc) is 2.94. The number of carbonyl (C=O) groups excluding carboxylic acids is 1. The first-order valence-electron chi connectivity index (χ1n) is 7.59. The molecule has 0 aliphatic rings. The van der Waals surface area contributed by atoms with Crippen molar-refractivity contribution in [3.63, 3.8) is 0 Å². The largest absolute Gasteiger partial charge is 0.505 e. The molecule has 0 unspecified atom stereocenters. The highest BCUT2D eigenvalue weighted by Crippen LogP contribution is 2.39. The van der Waals surface area contributed by atoms with Gasteiger partial charge in [0.1, 0.15) is 10.6 Å². The Morgan fingerprint density at radius 2 is 2.04 bits per heavy atom. The highest BCUT2D eigenvalue weighted by atomic mass is 32.2. The number of Topliss-reactive ketones (excluding diaryl/α,β-unsaturated/α-hetero) is 1. The molecule has 0 aliphatic heterocycles. The molecule has 10 heteroatoms. The molecule has 0 atom stereocenters. The van der Waals surface area contributed by atoms with E-state index in [1.165, 1.54) is 19.1 Å². The van der Waals surface area contributed by atoms with Crippen molar-refractivity contribution in [3.05, 3.63) is 47.0 Å². The average molecular weight is 407 g/mol. The Bertz CT molecular complexity index is 1070. The van der Waals surface area contributed by atoms with Crippen LogP contribution >= 0.6 is 11.3 Å². The lowest BCUT2D eigenvalue weighted by Gasteiger charge is -2.12. The number of hydrogen-bond donors (Lipinski definition) is 2. The summed E-state index contributed by atoms with van der Waals surface area (Å²) in [5, 5.41) is 18.3. The van der Waals surface area contributed by atoms with Gasteiger partial charge in [-0.1, -0.05) is 30.1 Å². The van der Waals surface area contributed by atoms with Gasteiger partial charge in [-0.2, -0.15) is 8.42 Å². The number of azo groups is 1. The number of hydrogen-bond acceptors (Lipinski definition) is 8. The summed E-state index contributed by atoms with van der Waals surface area (Å²) in [6.45, 7) is 10.2. The molecule has 0 spiro atoms. The Morgan fingerprint density at radius 3 is 2.52 bits per heavy atom. The second-order valence-electron chi connectivity index (χ2n) is 5.47. The van der Waals surface area contributed by atoms with E-state index in [1.807, 2.05) is 0 Å². The summed E-state index contributed by atoms with van der Waals surface area (Å²) < 4.78 is 33.0. The third-order valence-corrected chi connectivity index (χ3v) is 5.63. The van der Waals surface area contributed by atoms with Gasteiger partial charge < -0.3 is 5.11 Å². The smallest absolute Gasteiger partial charge is 0.294 e. The van der Waals surface area contributed by atoms with Crippen LogP contribution in [-0.2, 0) is 16.5 Å². The zero-order chi connectivity index (χ0) is 20.4. The van der Waals surface area contributed by atoms with Crippen LogP contribution in [-0.4, -0.2) is 28.8 Å². The molecule has 1 aromatic heterocycles. The number of aromatic hydroxyl groups is 1. The van der Waals surface area contributed by atoms with Gasteiger partial charge in [-0.05, 0) is 25.0 Å². The van der Waals surface area contributed by atoms with Crippen LogP contribution in [0.1, 0.15) is 33.4 Å². The van der Waals surface area contributed by atoms with Gasteiger partial charge in [0.05, 0.1) is 10.6 Å². The molecule has 1 aromatic carbocycles. The molecule has 0 aliphatic carbocycles. The third kappa shape index (κ3) is 4.35. The summed E-state index contributed by atoms with van der Waals surface area (Å²) in [4.78, 5) is 15.6. The minimum Gasteiger partial charge on any atom is -0.505 e. The van der Waals surface area contributed by atoms with Crippen molar-refractivity contribution >= 4 is 44.1 Å². The third-order valence-electron chi connectivity index (χ3n) is 3.57. The molecule has 0 radical (unpaired) electrons. The maximum atomic E-state index is 11.7. The molecule has 0 amide bonds. The molecule has 0 fully saturated rings. The minimum atomic E-state index is -4.59. The molecular weight excluding hydrogens is 390 g/mol. The predicted molar refractivity (Wildman–Crippen MR) is 103 cm³/mol. The second-order valence-corrected chi connectivity index (χ2v) is 7.84. The minimum absolute atomic E-state index is 0.0785. The topological polar surface area (TPSA) is 129 Å². The fourth-order valence-corrected chi connectivity index (χ4v) is 3.97. The summed E-state index contributed by atoms with van der Waals surface area (Å²) in [7, 11) is -4.59. The highest BCUT2D eigenvalue weighted by molar-refractivity contribution is 7.85. The molecule has 2 N–H and O–H groups in total. The Morgan fingerprint density at radius 1 is 1.37 bits per heavy atom. The first-order chi connectivity index (χ1) is 12.6. The lowest BCUT2D eigenvalue weighted by Crippen LogP contribution is -2.05. The lowest BCUT2D eigenvalue weighted by atomic mass is 10.0. The van der Waals surface area contributed by atoms with E-state index in [-0.39, 0.29) is 39.9 Å². The van der Waals surface area contributed by atoms with Crippen molar-refractivity contribution in [1.29, 1.82) is 0 Å². The first kappa shape index (κ1) is 20.6. The summed E-state index contributed by atoms with van der Waals surface area (Å²) in [5.41, 5.74) is 0.543. The quantitative estimate of drug-likeness (QED) is 0.303. The fourth-order valence-electron chi connectivity index (χ4n) is 2.42. The Kier molecular flexibility index (Phi) is 6.04. The van der Waals surface area contributed by atoms with Crippen LogP contribution in [0, 0.1) is 6.92 Å². The van der Waals surface area contributed by atoms with Crippen LogP contribution in [0.5, 0.6) is 5.75 Å². The SMILES string of the molecule is C=CCc1c(S(=O)(=O)O)cc(N=Nc2nc(C)c(C(C)=O)s2)c(O)c1C=C. The van der Waals surface area contributed by atoms with Crippen LogP contribution in [0.25, 0.3) is 6.08 Å². The van der Waals surface area contributed by atoms with Crippen LogP contribution in [0.3, 0.4) is 0 Å².